The summed E-state index contributed by atoms with van der Waals surface area (Å²) in [5, 5.41) is 8.83. The highest BCUT2D eigenvalue weighted by Gasteiger charge is 2.28. The number of hydrogen-bond donors (Lipinski definition) is 1. The maximum absolute atomic E-state index is 13.2. The lowest BCUT2D eigenvalue weighted by Crippen LogP contribution is -2.12. The van der Waals surface area contributed by atoms with Crippen molar-refractivity contribution in [3.63, 3.8) is 0 Å². The zero-order valence-electron chi connectivity index (χ0n) is 8.76. The second kappa shape index (κ2) is 4.57. The summed E-state index contributed by atoms with van der Waals surface area (Å²) in [4.78, 5) is 0. The summed E-state index contributed by atoms with van der Waals surface area (Å²) in [6, 6.07) is 4.49. The molecule has 1 rings (SSSR count). The van der Waals surface area contributed by atoms with Gasteiger partial charge in [-0.3, -0.25) is 0 Å². The third kappa shape index (κ3) is 2.65. The highest BCUT2D eigenvalue weighted by atomic mass is 19.3. The molecule has 0 atom stereocenters. The van der Waals surface area contributed by atoms with E-state index in [0.29, 0.717) is 11.3 Å². The molecule has 0 unspecified atom stereocenters. The van der Waals surface area contributed by atoms with Gasteiger partial charge in [0.1, 0.15) is 5.75 Å². The Bertz CT molecular complexity index is 332. The predicted octanol–water partition coefficient (Wildman–Crippen LogP) is 2.34. The van der Waals surface area contributed by atoms with Gasteiger partial charge in [0.25, 0.3) is 5.92 Å². The second-order valence-electron chi connectivity index (χ2n) is 3.35. The molecule has 0 fully saturated rings. The molecule has 0 amide bonds. The number of hydrogen-bond acceptors (Lipinski definition) is 2. The molecule has 4 heteroatoms. The maximum Gasteiger partial charge on any atom is 0.270 e. The van der Waals surface area contributed by atoms with Gasteiger partial charge in [-0.1, -0.05) is 12.1 Å². The van der Waals surface area contributed by atoms with Crippen LogP contribution in [0.4, 0.5) is 8.78 Å². The van der Waals surface area contributed by atoms with Crippen molar-refractivity contribution < 1.29 is 18.6 Å². The summed E-state index contributed by atoms with van der Waals surface area (Å²) >= 11 is 0. The Balaban J connectivity index is 3.25. The van der Waals surface area contributed by atoms with Crippen molar-refractivity contribution in [2.24, 2.45) is 0 Å². The van der Waals surface area contributed by atoms with E-state index in [1.54, 1.807) is 6.07 Å². The summed E-state index contributed by atoms with van der Waals surface area (Å²) in [5.41, 5.74) is 0.283. The minimum absolute atomic E-state index is 0.0871. The van der Waals surface area contributed by atoms with Gasteiger partial charge in [-0.25, -0.2) is 8.78 Å². The molecule has 1 aromatic rings. The Kier molecular flexibility index (Phi) is 3.63. The second-order valence-corrected chi connectivity index (χ2v) is 3.35. The Morgan fingerprint density at radius 1 is 1.40 bits per heavy atom. The molecule has 1 N–H and O–H groups in total. The van der Waals surface area contributed by atoms with Gasteiger partial charge in [-0.15, -0.1) is 0 Å². The number of aliphatic hydroxyl groups is 1. The summed E-state index contributed by atoms with van der Waals surface area (Å²) in [6.07, 6.45) is 0.169. The Labute approximate surface area is 87.5 Å². The number of halogens is 2. The first-order valence-electron chi connectivity index (χ1n) is 4.65. The van der Waals surface area contributed by atoms with Gasteiger partial charge in [0, 0.05) is 24.7 Å². The highest BCUT2D eigenvalue weighted by Crippen LogP contribution is 2.34. The van der Waals surface area contributed by atoms with Crippen LogP contribution in [-0.2, 0) is 12.3 Å². The van der Waals surface area contributed by atoms with Crippen molar-refractivity contribution >= 4 is 0 Å². The fraction of sp³-hybridized carbons (Fsp3) is 0.455. The van der Waals surface area contributed by atoms with E-state index in [2.05, 4.69) is 0 Å². The standard InChI is InChI=1S/C11H14F2O2/c1-11(12,13)9-4-3-5-10(15-2)8(9)6-7-14/h3-5,14H,6-7H2,1-2H3. The van der Waals surface area contributed by atoms with Gasteiger partial charge >= 0.3 is 0 Å². The first kappa shape index (κ1) is 11.9. The van der Waals surface area contributed by atoms with Crippen molar-refractivity contribution in [2.75, 3.05) is 13.7 Å². The molecule has 0 aliphatic carbocycles. The molecular weight excluding hydrogens is 202 g/mol. The largest absolute Gasteiger partial charge is 0.496 e. The van der Waals surface area contributed by atoms with Crippen LogP contribution in [0.3, 0.4) is 0 Å². The van der Waals surface area contributed by atoms with Crippen molar-refractivity contribution in [2.45, 2.75) is 19.3 Å². The van der Waals surface area contributed by atoms with Crippen LogP contribution >= 0.6 is 0 Å². The smallest absolute Gasteiger partial charge is 0.270 e. The molecular formula is C11H14F2O2. The molecule has 15 heavy (non-hydrogen) atoms. The van der Waals surface area contributed by atoms with Gasteiger partial charge in [0.15, 0.2) is 0 Å². The van der Waals surface area contributed by atoms with E-state index < -0.39 is 5.92 Å². The highest BCUT2D eigenvalue weighted by molar-refractivity contribution is 5.42. The van der Waals surface area contributed by atoms with Gasteiger partial charge in [0.2, 0.25) is 0 Å². The van der Waals surface area contributed by atoms with Gasteiger partial charge < -0.3 is 9.84 Å². The number of rotatable bonds is 4. The molecule has 0 bridgehead atoms. The summed E-state index contributed by atoms with van der Waals surface area (Å²) in [5.74, 6) is -2.53. The van der Waals surface area contributed by atoms with Crippen LogP contribution in [0.2, 0.25) is 0 Å². The van der Waals surface area contributed by atoms with Crippen molar-refractivity contribution in [3.05, 3.63) is 29.3 Å². The lowest BCUT2D eigenvalue weighted by Gasteiger charge is -2.17. The van der Waals surface area contributed by atoms with Crippen LogP contribution in [0.5, 0.6) is 5.75 Å². The molecule has 0 aliphatic rings. The summed E-state index contributed by atoms with van der Waals surface area (Å²) < 4.78 is 31.4. The Morgan fingerprint density at radius 3 is 2.53 bits per heavy atom. The molecule has 84 valence electrons. The monoisotopic (exact) mass is 216 g/mol. The summed E-state index contributed by atoms with van der Waals surface area (Å²) in [6.45, 7) is 0.659. The predicted molar refractivity (Wildman–Crippen MR) is 53.4 cm³/mol. The number of methoxy groups -OCH3 is 1. The van der Waals surface area contributed by atoms with Crippen LogP contribution in [0.1, 0.15) is 18.1 Å². The Morgan fingerprint density at radius 2 is 2.07 bits per heavy atom. The molecule has 0 spiro atoms. The minimum atomic E-state index is -2.92. The van der Waals surface area contributed by atoms with Crippen molar-refractivity contribution in [1.29, 1.82) is 0 Å². The van der Waals surface area contributed by atoms with E-state index in [1.807, 2.05) is 0 Å². The average molecular weight is 216 g/mol. The van der Waals surface area contributed by atoms with Crippen LogP contribution < -0.4 is 4.74 Å². The fourth-order valence-corrected chi connectivity index (χ4v) is 1.54. The molecule has 0 heterocycles. The number of aliphatic hydroxyl groups excluding tert-OH is 1. The topological polar surface area (TPSA) is 29.5 Å². The van der Waals surface area contributed by atoms with Gasteiger partial charge in [0.05, 0.1) is 7.11 Å². The zero-order valence-corrected chi connectivity index (χ0v) is 8.76. The number of benzene rings is 1. The first-order chi connectivity index (χ1) is 7.00. The average Bonchev–Trinajstić information content (AvgIpc) is 2.17. The lowest BCUT2D eigenvalue weighted by atomic mass is 9.99. The van der Waals surface area contributed by atoms with Crippen LogP contribution in [0.25, 0.3) is 0 Å². The quantitative estimate of drug-likeness (QED) is 0.837. The van der Waals surface area contributed by atoms with Crippen LogP contribution in [0.15, 0.2) is 18.2 Å². The molecule has 0 saturated heterocycles. The lowest BCUT2D eigenvalue weighted by molar-refractivity contribution is 0.0161. The summed E-state index contributed by atoms with van der Waals surface area (Å²) in [7, 11) is 1.42. The molecule has 2 nitrogen and oxygen atoms in total. The minimum Gasteiger partial charge on any atom is -0.496 e. The van der Waals surface area contributed by atoms with E-state index in [1.165, 1.54) is 19.2 Å². The van der Waals surface area contributed by atoms with E-state index >= 15 is 0 Å². The third-order valence-electron chi connectivity index (χ3n) is 2.19. The Hall–Kier alpha value is -1.16. The van der Waals surface area contributed by atoms with Gasteiger partial charge in [-0.2, -0.15) is 0 Å². The van der Waals surface area contributed by atoms with E-state index in [9.17, 15) is 8.78 Å². The van der Waals surface area contributed by atoms with Gasteiger partial charge in [-0.05, 0) is 12.5 Å². The molecule has 0 aromatic heterocycles. The van der Waals surface area contributed by atoms with E-state index in [4.69, 9.17) is 9.84 Å². The molecule has 0 radical (unpaired) electrons. The van der Waals surface area contributed by atoms with Crippen molar-refractivity contribution in [3.8, 4) is 5.75 Å². The number of ether oxygens (including phenoxy) is 1. The molecule has 0 aliphatic heterocycles. The van der Waals surface area contributed by atoms with E-state index in [0.717, 1.165) is 6.92 Å². The maximum atomic E-state index is 13.2. The SMILES string of the molecule is COc1cccc(C(C)(F)F)c1CCO. The molecule has 0 saturated carbocycles. The normalized spacial score (nSPS) is 11.5. The van der Waals surface area contributed by atoms with Crippen molar-refractivity contribution in [1.82, 2.24) is 0 Å². The van der Waals surface area contributed by atoms with Crippen LogP contribution in [0, 0.1) is 0 Å². The zero-order chi connectivity index (χ0) is 11.5. The fourth-order valence-electron chi connectivity index (χ4n) is 1.54. The van der Waals surface area contributed by atoms with Crippen LogP contribution in [-0.4, -0.2) is 18.8 Å². The van der Waals surface area contributed by atoms with E-state index in [-0.39, 0.29) is 18.6 Å². The number of alkyl halides is 2. The molecule has 1 aromatic carbocycles. The first-order valence-corrected chi connectivity index (χ1v) is 4.65. The third-order valence-corrected chi connectivity index (χ3v) is 2.19.